The van der Waals surface area contributed by atoms with Crippen LogP contribution in [-0.2, 0) is 24.8 Å². The third-order valence-electron chi connectivity index (χ3n) is 4.95. The van der Waals surface area contributed by atoms with Crippen molar-refractivity contribution in [2.75, 3.05) is 25.5 Å². The number of rotatable bonds is 6. The molecule has 0 aromatic heterocycles. The van der Waals surface area contributed by atoms with E-state index in [2.05, 4.69) is 5.32 Å². The lowest BCUT2D eigenvalue weighted by molar-refractivity contribution is -0.120. The number of ether oxygens (including phenoxy) is 1. The Balaban J connectivity index is 1.75. The van der Waals surface area contributed by atoms with Crippen LogP contribution in [0.1, 0.15) is 12.8 Å². The van der Waals surface area contributed by atoms with Gasteiger partial charge in [-0.15, -0.1) is 0 Å². The van der Waals surface area contributed by atoms with E-state index in [1.54, 1.807) is 0 Å². The zero-order chi connectivity index (χ0) is 22.8. The summed E-state index contributed by atoms with van der Waals surface area (Å²) >= 11 is 0. The fraction of sp³-hybridized carbons (Fsp3) is 0.316. The van der Waals surface area contributed by atoms with Crippen LogP contribution in [-0.4, -0.2) is 47.2 Å². The van der Waals surface area contributed by atoms with Crippen LogP contribution in [0.15, 0.2) is 52.3 Å². The maximum atomic E-state index is 13.7. The molecule has 1 saturated heterocycles. The number of nitrogens with two attached hydrogens (primary N) is 1. The lowest BCUT2D eigenvalue weighted by Gasteiger charge is -2.31. The predicted octanol–water partition coefficient (Wildman–Crippen LogP) is 1.52. The van der Waals surface area contributed by atoms with E-state index in [9.17, 15) is 26.0 Å². The zero-order valence-electron chi connectivity index (χ0n) is 16.6. The molecule has 3 rings (SSSR count). The first-order valence-electron chi connectivity index (χ1n) is 9.30. The van der Waals surface area contributed by atoms with E-state index in [0.29, 0.717) is 18.5 Å². The van der Waals surface area contributed by atoms with Gasteiger partial charge in [0.05, 0.1) is 17.9 Å². The quantitative estimate of drug-likeness (QED) is 0.656. The second-order valence-electron chi connectivity index (χ2n) is 7.06. The maximum absolute atomic E-state index is 13.7. The van der Waals surface area contributed by atoms with Crippen LogP contribution < -0.4 is 15.2 Å². The molecule has 0 radical (unpaired) electrons. The normalized spacial score (nSPS) is 17.8. The van der Waals surface area contributed by atoms with E-state index in [4.69, 9.17) is 9.88 Å². The number of methoxy groups -OCH3 is 1. The molecule has 1 heterocycles. The summed E-state index contributed by atoms with van der Waals surface area (Å²) in [6.07, 6.45) is 0.909. The highest BCUT2D eigenvalue weighted by Crippen LogP contribution is 2.30. The summed E-state index contributed by atoms with van der Waals surface area (Å²) in [5, 5.41) is 7.70. The van der Waals surface area contributed by atoms with Gasteiger partial charge in [0.2, 0.25) is 26.0 Å². The van der Waals surface area contributed by atoms with Gasteiger partial charge < -0.3 is 10.1 Å². The van der Waals surface area contributed by atoms with Crippen LogP contribution >= 0.6 is 0 Å². The largest absolute Gasteiger partial charge is 0.495 e. The molecule has 1 atom stereocenters. The van der Waals surface area contributed by atoms with Crippen LogP contribution in [0.3, 0.4) is 0 Å². The number of primary sulfonamides is 1. The molecule has 12 heteroatoms. The van der Waals surface area contributed by atoms with Gasteiger partial charge in [0.25, 0.3) is 0 Å². The Bertz CT molecular complexity index is 1180. The van der Waals surface area contributed by atoms with Crippen molar-refractivity contribution in [2.45, 2.75) is 22.6 Å². The topological polar surface area (TPSA) is 136 Å². The lowest BCUT2D eigenvalue weighted by atomic mass is 9.99. The summed E-state index contributed by atoms with van der Waals surface area (Å²) < 4.78 is 68.6. The van der Waals surface area contributed by atoms with Crippen LogP contribution in [0.2, 0.25) is 0 Å². The summed E-state index contributed by atoms with van der Waals surface area (Å²) in [5.74, 6) is -1.74. The number of nitrogens with zero attached hydrogens (tertiary/aromatic N) is 1. The number of nitrogens with one attached hydrogen (secondary N) is 1. The summed E-state index contributed by atoms with van der Waals surface area (Å²) in [7, 11) is -6.64. The number of amides is 1. The SMILES string of the molecule is COc1ccc(F)cc1S(=O)(=O)N1CCC[C@@H](C(=O)Nc2ccc(S(N)(=O)=O)cc2)C1. The molecule has 1 fully saturated rings. The molecular weight excluding hydrogens is 449 g/mol. The minimum Gasteiger partial charge on any atom is -0.495 e. The van der Waals surface area contributed by atoms with Crippen molar-refractivity contribution < 1.29 is 30.8 Å². The number of benzene rings is 2. The first-order chi connectivity index (χ1) is 14.5. The van der Waals surface area contributed by atoms with Crippen molar-refractivity contribution in [2.24, 2.45) is 11.1 Å². The lowest BCUT2D eigenvalue weighted by Crippen LogP contribution is -2.43. The number of halogens is 1. The second kappa shape index (κ2) is 8.91. The summed E-state index contributed by atoms with van der Waals surface area (Å²) in [5.41, 5.74) is 0.351. The molecule has 3 N–H and O–H groups in total. The zero-order valence-corrected chi connectivity index (χ0v) is 18.2. The Morgan fingerprint density at radius 2 is 1.84 bits per heavy atom. The van der Waals surface area contributed by atoms with Gasteiger partial charge in [-0.3, -0.25) is 4.79 Å². The maximum Gasteiger partial charge on any atom is 0.246 e. The highest BCUT2D eigenvalue weighted by molar-refractivity contribution is 7.89. The number of piperidine rings is 1. The first kappa shape index (κ1) is 23.1. The second-order valence-corrected chi connectivity index (χ2v) is 10.5. The first-order valence-corrected chi connectivity index (χ1v) is 12.3. The van der Waals surface area contributed by atoms with Crippen molar-refractivity contribution in [1.82, 2.24) is 4.31 Å². The Morgan fingerprint density at radius 3 is 2.45 bits per heavy atom. The molecule has 0 aliphatic carbocycles. The van der Waals surface area contributed by atoms with Gasteiger partial charge in [-0.25, -0.2) is 26.4 Å². The van der Waals surface area contributed by atoms with Gasteiger partial charge in [0, 0.05) is 18.8 Å². The molecule has 2 aromatic rings. The number of carbonyl (C=O) groups excluding carboxylic acids is 1. The Labute approximate surface area is 180 Å². The third-order valence-corrected chi connectivity index (χ3v) is 7.76. The molecule has 0 bridgehead atoms. The van der Waals surface area contributed by atoms with Gasteiger partial charge in [-0.1, -0.05) is 0 Å². The van der Waals surface area contributed by atoms with Crippen LogP contribution in [0.25, 0.3) is 0 Å². The van der Waals surface area contributed by atoms with Crippen molar-refractivity contribution in [3.8, 4) is 5.75 Å². The summed E-state index contributed by atoms with van der Waals surface area (Å²) in [4.78, 5) is 12.3. The molecule has 0 spiro atoms. The van der Waals surface area contributed by atoms with E-state index < -0.39 is 37.7 Å². The molecule has 0 unspecified atom stereocenters. The van der Waals surface area contributed by atoms with Crippen molar-refractivity contribution >= 4 is 31.6 Å². The smallest absolute Gasteiger partial charge is 0.246 e. The monoisotopic (exact) mass is 471 g/mol. The fourth-order valence-electron chi connectivity index (χ4n) is 3.34. The molecule has 1 amide bonds. The van der Waals surface area contributed by atoms with E-state index >= 15 is 0 Å². The van der Waals surface area contributed by atoms with E-state index in [1.165, 1.54) is 37.4 Å². The van der Waals surface area contributed by atoms with E-state index in [-0.39, 0.29) is 28.6 Å². The average molecular weight is 472 g/mol. The highest BCUT2D eigenvalue weighted by atomic mass is 32.2. The van der Waals surface area contributed by atoms with Gasteiger partial charge in [-0.2, -0.15) is 4.31 Å². The van der Waals surface area contributed by atoms with Gasteiger partial charge in [-0.05, 0) is 55.3 Å². The Kier molecular flexibility index (Phi) is 6.65. The fourth-order valence-corrected chi connectivity index (χ4v) is 5.54. The van der Waals surface area contributed by atoms with E-state index in [0.717, 1.165) is 16.4 Å². The number of anilines is 1. The number of carbonyl (C=O) groups is 1. The molecule has 2 aromatic carbocycles. The standard InChI is InChI=1S/C19H22FN3O6S2/c1-29-17-9-4-14(20)11-18(17)31(27,28)23-10-2-3-13(12-23)19(24)22-15-5-7-16(8-6-15)30(21,25)26/h4-9,11,13H,2-3,10,12H2,1H3,(H,22,24)(H2,21,25,26)/t13-/m1/s1. The Hall–Kier alpha value is -2.54. The molecule has 9 nitrogen and oxygen atoms in total. The highest BCUT2D eigenvalue weighted by Gasteiger charge is 2.35. The van der Waals surface area contributed by atoms with Crippen LogP contribution in [0, 0.1) is 11.7 Å². The average Bonchev–Trinajstić information content (AvgIpc) is 2.73. The molecular formula is C19H22FN3O6S2. The molecule has 1 aliphatic heterocycles. The van der Waals surface area contributed by atoms with Gasteiger partial charge in [0.15, 0.2) is 0 Å². The number of hydrogen-bond acceptors (Lipinski definition) is 6. The van der Waals surface area contributed by atoms with Gasteiger partial charge >= 0.3 is 0 Å². The minimum absolute atomic E-state index is 0.0166. The summed E-state index contributed by atoms with van der Waals surface area (Å²) in [6, 6.07) is 8.55. The van der Waals surface area contributed by atoms with Crippen molar-refractivity contribution in [3.05, 3.63) is 48.3 Å². The molecule has 31 heavy (non-hydrogen) atoms. The predicted molar refractivity (Wildman–Crippen MR) is 111 cm³/mol. The van der Waals surface area contributed by atoms with Crippen molar-refractivity contribution in [3.63, 3.8) is 0 Å². The molecule has 1 aliphatic rings. The van der Waals surface area contributed by atoms with Crippen molar-refractivity contribution in [1.29, 1.82) is 0 Å². The molecule has 168 valence electrons. The van der Waals surface area contributed by atoms with Crippen LogP contribution in [0.4, 0.5) is 10.1 Å². The van der Waals surface area contributed by atoms with E-state index in [1.807, 2.05) is 0 Å². The van der Waals surface area contributed by atoms with Gasteiger partial charge in [0.1, 0.15) is 16.5 Å². The minimum atomic E-state index is -4.08. The Morgan fingerprint density at radius 1 is 1.16 bits per heavy atom. The molecule has 0 saturated carbocycles. The third kappa shape index (κ3) is 5.21. The number of sulfonamides is 2. The van der Waals surface area contributed by atoms with Crippen LogP contribution in [0.5, 0.6) is 5.75 Å². The summed E-state index contributed by atoms with van der Waals surface area (Å²) in [6.45, 7) is 0.109. The number of hydrogen-bond donors (Lipinski definition) is 2.